The van der Waals surface area contributed by atoms with Crippen LogP contribution >= 0.6 is 22.9 Å². The molecule has 3 atom stereocenters. The van der Waals surface area contributed by atoms with Gasteiger partial charge in [-0.1, -0.05) is 11.6 Å². The second kappa shape index (κ2) is 4.86. The molecular weight excluding hydrogens is 258 g/mol. The standard InChI is InChI=1S/C12H16ClNO2S/c13-11-4-3-10(17-11)12(15)9-6-14-5-1-2-8(14)7-16-9/h3-4,8-9,12,15H,1-2,5-7H2. The number of hydrogen-bond donors (Lipinski definition) is 1. The summed E-state index contributed by atoms with van der Waals surface area (Å²) in [6.45, 7) is 2.73. The minimum absolute atomic E-state index is 0.112. The van der Waals surface area contributed by atoms with Gasteiger partial charge in [0.1, 0.15) is 12.2 Å². The zero-order valence-corrected chi connectivity index (χ0v) is 11.1. The van der Waals surface area contributed by atoms with Crippen molar-refractivity contribution in [2.75, 3.05) is 19.7 Å². The highest BCUT2D eigenvalue weighted by atomic mass is 35.5. The highest BCUT2D eigenvalue weighted by molar-refractivity contribution is 7.16. The molecule has 2 aliphatic rings. The smallest absolute Gasteiger partial charge is 0.116 e. The number of nitrogens with zero attached hydrogens (tertiary/aromatic N) is 1. The third kappa shape index (κ3) is 2.37. The van der Waals surface area contributed by atoms with Crippen LogP contribution in [0.5, 0.6) is 0 Å². The van der Waals surface area contributed by atoms with Crippen molar-refractivity contribution >= 4 is 22.9 Å². The number of halogens is 1. The number of ether oxygens (including phenoxy) is 1. The molecule has 3 heterocycles. The molecule has 3 unspecified atom stereocenters. The Kier molecular flexibility index (Phi) is 3.41. The Bertz CT molecular complexity index is 398. The van der Waals surface area contributed by atoms with Gasteiger partial charge in [-0.15, -0.1) is 11.3 Å². The third-order valence-corrected chi connectivity index (χ3v) is 4.96. The second-order valence-corrected chi connectivity index (χ2v) is 6.50. The molecule has 0 radical (unpaired) electrons. The summed E-state index contributed by atoms with van der Waals surface area (Å²) < 4.78 is 6.51. The van der Waals surface area contributed by atoms with Gasteiger partial charge in [-0.3, -0.25) is 4.90 Å². The fourth-order valence-electron chi connectivity index (χ4n) is 2.70. The van der Waals surface area contributed by atoms with Crippen molar-refractivity contribution in [1.82, 2.24) is 4.90 Å². The number of thiophene rings is 1. The average molecular weight is 274 g/mol. The van der Waals surface area contributed by atoms with Crippen molar-refractivity contribution in [1.29, 1.82) is 0 Å². The fraction of sp³-hybridized carbons (Fsp3) is 0.667. The predicted octanol–water partition coefficient (Wildman–Crippen LogP) is 2.30. The Morgan fingerprint density at radius 1 is 1.53 bits per heavy atom. The molecular formula is C12H16ClNO2S. The lowest BCUT2D eigenvalue weighted by molar-refractivity contribution is -0.102. The molecule has 0 saturated carbocycles. The molecule has 2 aliphatic heterocycles. The Balaban J connectivity index is 1.68. The van der Waals surface area contributed by atoms with E-state index in [-0.39, 0.29) is 6.10 Å². The number of aliphatic hydroxyl groups excluding tert-OH is 1. The number of rotatable bonds is 2. The maximum atomic E-state index is 10.3. The van der Waals surface area contributed by atoms with E-state index in [1.165, 1.54) is 24.2 Å². The fourth-order valence-corrected chi connectivity index (χ4v) is 3.80. The Hall–Kier alpha value is -0.130. The molecule has 1 aromatic rings. The molecule has 1 N–H and O–H groups in total. The van der Waals surface area contributed by atoms with Gasteiger partial charge in [-0.25, -0.2) is 0 Å². The van der Waals surface area contributed by atoms with E-state index in [9.17, 15) is 5.11 Å². The molecule has 17 heavy (non-hydrogen) atoms. The van der Waals surface area contributed by atoms with Gasteiger partial charge in [-0.2, -0.15) is 0 Å². The summed E-state index contributed by atoms with van der Waals surface area (Å²) >= 11 is 7.32. The largest absolute Gasteiger partial charge is 0.385 e. The lowest BCUT2D eigenvalue weighted by Gasteiger charge is -2.37. The van der Waals surface area contributed by atoms with E-state index in [4.69, 9.17) is 16.3 Å². The molecule has 5 heteroatoms. The molecule has 0 aromatic carbocycles. The Morgan fingerprint density at radius 3 is 3.18 bits per heavy atom. The number of morpholine rings is 1. The lowest BCUT2D eigenvalue weighted by Crippen LogP contribution is -2.48. The van der Waals surface area contributed by atoms with Crippen LogP contribution in [0.4, 0.5) is 0 Å². The van der Waals surface area contributed by atoms with Crippen molar-refractivity contribution in [3.8, 4) is 0 Å². The molecule has 0 amide bonds. The maximum Gasteiger partial charge on any atom is 0.116 e. The summed E-state index contributed by atoms with van der Waals surface area (Å²) in [5, 5.41) is 10.3. The monoisotopic (exact) mass is 273 g/mol. The average Bonchev–Trinajstić information content (AvgIpc) is 2.95. The first-order chi connectivity index (χ1) is 8.24. The van der Waals surface area contributed by atoms with E-state index in [0.29, 0.717) is 10.4 Å². The third-order valence-electron chi connectivity index (χ3n) is 3.65. The van der Waals surface area contributed by atoms with Gasteiger partial charge in [0.2, 0.25) is 0 Å². The highest BCUT2D eigenvalue weighted by Crippen LogP contribution is 2.33. The van der Waals surface area contributed by atoms with Crippen LogP contribution in [-0.2, 0) is 4.74 Å². The quantitative estimate of drug-likeness (QED) is 0.898. The topological polar surface area (TPSA) is 32.7 Å². The van der Waals surface area contributed by atoms with Crippen molar-refractivity contribution in [2.24, 2.45) is 0 Å². The van der Waals surface area contributed by atoms with Crippen LogP contribution in [0.3, 0.4) is 0 Å². The predicted molar refractivity (Wildman–Crippen MR) is 68.6 cm³/mol. The van der Waals surface area contributed by atoms with Crippen molar-refractivity contribution < 1.29 is 9.84 Å². The molecule has 3 rings (SSSR count). The maximum absolute atomic E-state index is 10.3. The first kappa shape index (κ1) is 11.9. The van der Waals surface area contributed by atoms with Crippen molar-refractivity contribution in [3.63, 3.8) is 0 Å². The van der Waals surface area contributed by atoms with Crippen LogP contribution in [0, 0.1) is 0 Å². The van der Waals surface area contributed by atoms with Gasteiger partial charge in [0.15, 0.2) is 0 Å². The first-order valence-electron chi connectivity index (χ1n) is 6.03. The summed E-state index contributed by atoms with van der Waals surface area (Å²) in [6.07, 6.45) is 1.82. The number of aliphatic hydroxyl groups is 1. The van der Waals surface area contributed by atoms with Gasteiger partial charge in [0.05, 0.1) is 10.9 Å². The highest BCUT2D eigenvalue weighted by Gasteiger charge is 2.36. The molecule has 2 saturated heterocycles. The molecule has 1 aromatic heterocycles. The van der Waals surface area contributed by atoms with E-state index in [0.717, 1.165) is 24.6 Å². The zero-order chi connectivity index (χ0) is 11.8. The molecule has 0 bridgehead atoms. The summed E-state index contributed by atoms with van der Waals surface area (Å²) in [4.78, 5) is 3.34. The van der Waals surface area contributed by atoms with Crippen LogP contribution in [0.15, 0.2) is 12.1 Å². The Morgan fingerprint density at radius 2 is 2.41 bits per heavy atom. The summed E-state index contributed by atoms with van der Waals surface area (Å²) in [5.74, 6) is 0. The van der Waals surface area contributed by atoms with Crippen LogP contribution in [0.1, 0.15) is 23.8 Å². The summed E-state index contributed by atoms with van der Waals surface area (Å²) in [6, 6.07) is 4.29. The van der Waals surface area contributed by atoms with Gasteiger partial charge in [0, 0.05) is 17.5 Å². The van der Waals surface area contributed by atoms with E-state index in [1.807, 2.05) is 12.1 Å². The SMILES string of the molecule is OC(c1ccc(Cl)s1)C1CN2CCCC2CO1. The van der Waals surface area contributed by atoms with E-state index in [2.05, 4.69) is 4.90 Å². The minimum Gasteiger partial charge on any atom is -0.385 e. The van der Waals surface area contributed by atoms with Gasteiger partial charge in [0.25, 0.3) is 0 Å². The lowest BCUT2D eigenvalue weighted by atomic mass is 10.1. The van der Waals surface area contributed by atoms with Crippen LogP contribution in [0.25, 0.3) is 0 Å². The molecule has 0 spiro atoms. The van der Waals surface area contributed by atoms with Crippen LogP contribution < -0.4 is 0 Å². The van der Waals surface area contributed by atoms with Crippen LogP contribution in [0.2, 0.25) is 4.34 Å². The normalized spacial score (nSPS) is 31.4. The zero-order valence-electron chi connectivity index (χ0n) is 9.51. The molecule has 0 aliphatic carbocycles. The summed E-state index contributed by atoms with van der Waals surface area (Å²) in [5.41, 5.74) is 0. The van der Waals surface area contributed by atoms with Crippen LogP contribution in [-0.4, -0.2) is 41.8 Å². The number of hydrogen-bond acceptors (Lipinski definition) is 4. The Labute approximate surface area is 110 Å². The molecule has 94 valence electrons. The van der Waals surface area contributed by atoms with E-state index in [1.54, 1.807) is 0 Å². The molecule has 2 fully saturated rings. The summed E-state index contributed by atoms with van der Waals surface area (Å²) in [7, 11) is 0. The van der Waals surface area contributed by atoms with Gasteiger partial charge in [-0.05, 0) is 31.5 Å². The first-order valence-corrected chi connectivity index (χ1v) is 7.22. The van der Waals surface area contributed by atoms with E-state index < -0.39 is 6.10 Å². The number of fused-ring (bicyclic) bond motifs is 1. The molecule has 3 nitrogen and oxygen atoms in total. The van der Waals surface area contributed by atoms with E-state index >= 15 is 0 Å². The second-order valence-electron chi connectivity index (χ2n) is 4.75. The van der Waals surface area contributed by atoms with Gasteiger partial charge < -0.3 is 9.84 Å². The van der Waals surface area contributed by atoms with Gasteiger partial charge >= 0.3 is 0 Å². The minimum atomic E-state index is -0.547. The van der Waals surface area contributed by atoms with Crippen molar-refractivity contribution in [2.45, 2.75) is 31.1 Å². The van der Waals surface area contributed by atoms with Crippen molar-refractivity contribution in [3.05, 3.63) is 21.3 Å².